The molecule has 0 aromatic heterocycles. The van der Waals surface area contributed by atoms with Crippen LogP contribution in [0.15, 0.2) is 39.7 Å². The smallest absolute Gasteiger partial charge is 0.262 e. The molecule has 21 heavy (non-hydrogen) atoms. The Labute approximate surface area is 131 Å². The van der Waals surface area contributed by atoms with Crippen LogP contribution in [0.4, 0.5) is 15.8 Å². The second-order valence-corrected chi connectivity index (χ2v) is 7.17. The van der Waals surface area contributed by atoms with Crippen LogP contribution in [0.5, 0.6) is 0 Å². The van der Waals surface area contributed by atoms with Crippen LogP contribution in [0.2, 0.25) is 0 Å². The van der Waals surface area contributed by atoms with E-state index >= 15 is 0 Å². The van der Waals surface area contributed by atoms with E-state index in [0.717, 1.165) is 16.1 Å². The highest BCUT2D eigenvalue weighted by Crippen LogP contribution is 2.27. The zero-order valence-corrected chi connectivity index (χ0v) is 13.8. The number of rotatable bonds is 3. The molecule has 0 spiro atoms. The van der Waals surface area contributed by atoms with E-state index < -0.39 is 15.8 Å². The lowest BCUT2D eigenvalue weighted by Gasteiger charge is -2.13. The van der Waals surface area contributed by atoms with Crippen molar-refractivity contribution in [1.29, 1.82) is 0 Å². The van der Waals surface area contributed by atoms with Gasteiger partial charge >= 0.3 is 0 Å². The Morgan fingerprint density at radius 1 is 1.19 bits per heavy atom. The van der Waals surface area contributed by atoms with Crippen LogP contribution < -0.4 is 10.5 Å². The summed E-state index contributed by atoms with van der Waals surface area (Å²) in [6.07, 6.45) is 0. The van der Waals surface area contributed by atoms with Crippen molar-refractivity contribution in [3.63, 3.8) is 0 Å². The highest BCUT2D eigenvalue weighted by atomic mass is 79.9. The van der Waals surface area contributed by atoms with Gasteiger partial charge in [-0.15, -0.1) is 0 Å². The van der Waals surface area contributed by atoms with Crippen molar-refractivity contribution in [2.75, 3.05) is 10.5 Å². The molecule has 2 rings (SSSR count). The normalized spacial score (nSPS) is 11.4. The van der Waals surface area contributed by atoms with Crippen molar-refractivity contribution in [1.82, 2.24) is 0 Å². The number of halogens is 2. The molecule has 0 radical (unpaired) electrons. The molecule has 0 aliphatic rings. The average molecular weight is 373 g/mol. The van der Waals surface area contributed by atoms with Crippen molar-refractivity contribution in [3.8, 4) is 0 Å². The molecule has 0 heterocycles. The van der Waals surface area contributed by atoms with E-state index in [-0.39, 0.29) is 16.1 Å². The maximum atomic E-state index is 13.7. The lowest BCUT2D eigenvalue weighted by molar-refractivity contribution is 0.593. The third-order valence-corrected chi connectivity index (χ3v) is 5.38. The van der Waals surface area contributed by atoms with Crippen LogP contribution in [0.3, 0.4) is 0 Å². The summed E-state index contributed by atoms with van der Waals surface area (Å²) >= 11 is 3.33. The summed E-state index contributed by atoms with van der Waals surface area (Å²) in [4.78, 5) is -0.206. The van der Waals surface area contributed by atoms with Gasteiger partial charge in [-0.05, 0) is 43.7 Å². The minimum absolute atomic E-state index is 0.0985. The minimum Gasteiger partial charge on any atom is -0.398 e. The highest BCUT2D eigenvalue weighted by molar-refractivity contribution is 9.10. The van der Waals surface area contributed by atoms with Gasteiger partial charge < -0.3 is 5.73 Å². The average Bonchev–Trinajstić information content (AvgIpc) is 2.40. The summed E-state index contributed by atoms with van der Waals surface area (Å²) in [5.41, 5.74) is 7.11. The SMILES string of the molecule is Cc1c(N)cc(S(=O)(=O)Nc2cccc(Br)c2C)cc1F. The Morgan fingerprint density at radius 2 is 1.86 bits per heavy atom. The van der Waals surface area contributed by atoms with Gasteiger partial charge in [0.2, 0.25) is 0 Å². The van der Waals surface area contributed by atoms with Gasteiger partial charge in [0.1, 0.15) is 5.82 Å². The molecule has 4 nitrogen and oxygen atoms in total. The van der Waals surface area contributed by atoms with Crippen LogP contribution in [0.25, 0.3) is 0 Å². The van der Waals surface area contributed by atoms with Crippen LogP contribution in [0, 0.1) is 19.7 Å². The van der Waals surface area contributed by atoms with Gasteiger partial charge in [-0.2, -0.15) is 0 Å². The summed E-state index contributed by atoms with van der Waals surface area (Å²) < 4.78 is 41.6. The fourth-order valence-corrected chi connectivity index (χ4v) is 3.29. The summed E-state index contributed by atoms with van der Waals surface area (Å²) in [7, 11) is -3.91. The van der Waals surface area contributed by atoms with Crippen molar-refractivity contribution >= 4 is 37.3 Å². The van der Waals surface area contributed by atoms with E-state index in [1.54, 1.807) is 25.1 Å². The van der Waals surface area contributed by atoms with Crippen LogP contribution >= 0.6 is 15.9 Å². The third kappa shape index (κ3) is 3.19. The fourth-order valence-electron chi connectivity index (χ4n) is 1.75. The Morgan fingerprint density at radius 3 is 2.48 bits per heavy atom. The van der Waals surface area contributed by atoms with Crippen LogP contribution in [0.1, 0.15) is 11.1 Å². The van der Waals surface area contributed by atoms with E-state index in [9.17, 15) is 12.8 Å². The monoisotopic (exact) mass is 372 g/mol. The number of anilines is 2. The van der Waals surface area contributed by atoms with Crippen molar-refractivity contribution in [2.24, 2.45) is 0 Å². The maximum absolute atomic E-state index is 13.7. The molecule has 0 atom stereocenters. The molecule has 0 amide bonds. The molecule has 0 saturated carbocycles. The molecule has 0 unspecified atom stereocenters. The predicted molar refractivity (Wildman–Crippen MR) is 85.2 cm³/mol. The molecule has 112 valence electrons. The quantitative estimate of drug-likeness (QED) is 0.808. The predicted octanol–water partition coefficient (Wildman–Crippen LogP) is 3.59. The number of benzene rings is 2. The summed E-state index contributed by atoms with van der Waals surface area (Å²) in [6, 6.07) is 7.34. The van der Waals surface area contributed by atoms with E-state index in [1.807, 2.05) is 0 Å². The lowest BCUT2D eigenvalue weighted by Crippen LogP contribution is -2.15. The first kappa shape index (κ1) is 15.8. The lowest BCUT2D eigenvalue weighted by atomic mass is 10.2. The van der Waals surface area contributed by atoms with E-state index in [1.165, 1.54) is 13.0 Å². The zero-order chi connectivity index (χ0) is 15.8. The summed E-state index contributed by atoms with van der Waals surface area (Å²) in [6.45, 7) is 3.26. The molecular formula is C14H14BrFN2O2S. The molecule has 0 aliphatic carbocycles. The Bertz CT molecular complexity index is 784. The van der Waals surface area contributed by atoms with Crippen LogP contribution in [-0.2, 0) is 10.0 Å². The first-order chi connectivity index (χ1) is 9.72. The number of nitrogens with two attached hydrogens (primary N) is 1. The van der Waals surface area contributed by atoms with Gasteiger partial charge in [0.05, 0.1) is 10.6 Å². The van der Waals surface area contributed by atoms with Crippen molar-refractivity contribution in [2.45, 2.75) is 18.7 Å². The third-order valence-electron chi connectivity index (χ3n) is 3.18. The molecule has 0 aliphatic heterocycles. The topological polar surface area (TPSA) is 72.2 Å². The molecule has 3 N–H and O–H groups in total. The second-order valence-electron chi connectivity index (χ2n) is 4.64. The summed E-state index contributed by atoms with van der Waals surface area (Å²) in [5.74, 6) is -0.652. The molecule has 2 aromatic rings. The molecule has 7 heteroatoms. The number of nitrogen functional groups attached to an aromatic ring is 1. The molecule has 0 fully saturated rings. The Hall–Kier alpha value is -1.60. The number of hydrogen-bond acceptors (Lipinski definition) is 3. The Kier molecular flexibility index (Phi) is 4.25. The van der Waals surface area contributed by atoms with Crippen LogP contribution in [-0.4, -0.2) is 8.42 Å². The largest absolute Gasteiger partial charge is 0.398 e. The zero-order valence-electron chi connectivity index (χ0n) is 11.4. The van der Waals surface area contributed by atoms with Gasteiger partial charge in [-0.1, -0.05) is 22.0 Å². The molecular weight excluding hydrogens is 359 g/mol. The Balaban J connectivity index is 2.46. The number of nitrogens with one attached hydrogen (secondary N) is 1. The van der Waals surface area contributed by atoms with E-state index in [0.29, 0.717) is 5.69 Å². The summed E-state index contributed by atoms with van der Waals surface area (Å²) in [5, 5.41) is 0. The van der Waals surface area contributed by atoms with Crippen molar-refractivity contribution in [3.05, 3.63) is 51.7 Å². The van der Waals surface area contributed by atoms with Gasteiger partial charge in [0.25, 0.3) is 10.0 Å². The highest BCUT2D eigenvalue weighted by Gasteiger charge is 2.18. The van der Waals surface area contributed by atoms with E-state index in [4.69, 9.17) is 5.73 Å². The van der Waals surface area contributed by atoms with Gasteiger partial charge in [0, 0.05) is 15.7 Å². The van der Waals surface area contributed by atoms with Gasteiger partial charge in [-0.25, -0.2) is 12.8 Å². The maximum Gasteiger partial charge on any atom is 0.262 e. The molecule has 2 aromatic carbocycles. The first-order valence-corrected chi connectivity index (χ1v) is 8.33. The second kappa shape index (κ2) is 5.65. The first-order valence-electron chi connectivity index (χ1n) is 6.06. The number of sulfonamides is 1. The van der Waals surface area contributed by atoms with E-state index in [2.05, 4.69) is 20.7 Å². The van der Waals surface area contributed by atoms with Gasteiger partial charge in [-0.3, -0.25) is 4.72 Å². The standard InChI is InChI=1S/C14H14BrFN2O2S/c1-8-11(15)4-3-5-14(8)18-21(19,20)10-6-12(16)9(2)13(17)7-10/h3-7,18H,17H2,1-2H3. The number of hydrogen-bond donors (Lipinski definition) is 2. The van der Waals surface area contributed by atoms with Crippen molar-refractivity contribution < 1.29 is 12.8 Å². The van der Waals surface area contributed by atoms with Gasteiger partial charge in [0.15, 0.2) is 0 Å². The minimum atomic E-state index is -3.91. The molecule has 0 bridgehead atoms. The fraction of sp³-hybridized carbons (Fsp3) is 0.143. The molecule has 0 saturated heterocycles.